The SMILES string of the molecule is Nc1nc(N2CCOCC2)nn1C(=S)SCCSC(=S)n1nc(N2CCOCC2)nc1N. The van der Waals surface area contributed by atoms with E-state index < -0.39 is 0 Å². The van der Waals surface area contributed by atoms with Crippen LogP contribution in [-0.2, 0) is 9.47 Å². The summed E-state index contributed by atoms with van der Waals surface area (Å²) >= 11 is 13.9. The Labute approximate surface area is 204 Å². The lowest BCUT2D eigenvalue weighted by Gasteiger charge is -2.25. The fourth-order valence-electron chi connectivity index (χ4n) is 3.07. The summed E-state index contributed by atoms with van der Waals surface area (Å²) in [6.07, 6.45) is 0. The fraction of sp³-hybridized carbons (Fsp3) is 0.625. The number of nitrogens with two attached hydrogens (primary N) is 2. The molecular weight excluding hydrogens is 493 g/mol. The van der Waals surface area contributed by atoms with Gasteiger partial charge in [-0.25, -0.2) is 0 Å². The molecule has 2 aromatic heterocycles. The third-order valence-corrected chi connectivity index (χ3v) is 7.68. The van der Waals surface area contributed by atoms with Crippen LogP contribution in [0.5, 0.6) is 0 Å². The molecule has 4 heterocycles. The van der Waals surface area contributed by atoms with Gasteiger partial charge >= 0.3 is 0 Å². The summed E-state index contributed by atoms with van der Waals surface area (Å²) < 4.78 is 14.8. The number of ether oxygens (including phenoxy) is 2. The number of morpholine rings is 2. The van der Waals surface area contributed by atoms with Crippen molar-refractivity contribution in [3.05, 3.63) is 0 Å². The summed E-state index contributed by atoms with van der Waals surface area (Å²) in [5.74, 6) is 3.11. The van der Waals surface area contributed by atoms with Gasteiger partial charge < -0.3 is 30.7 Å². The van der Waals surface area contributed by atoms with Gasteiger partial charge in [0.2, 0.25) is 23.8 Å². The monoisotopic (exact) mass is 516 g/mol. The molecule has 0 unspecified atom stereocenters. The van der Waals surface area contributed by atoms with Gasteiger partial charge in [-0.1, -0.05) is 48.0 Å². The minimum absolute atomic E-state index is 0.276. The van der Waals surface area contributed by atoms with Gasteiger partial charge in [0.1, 0.15) is 0 Å². The maximum Gasteiger partial charge on any atom is 0.247 e. The Balaban J connectivity index is 1.25. The number of anilines is 4. The first-order valence-corrected chi connectivity index (χ1v) is 12.8. The zero-order valence-corrected chi connectivity index (χ0v) is 20.5. The topological polar surface area (TPSA) is 138 Å². The van der Waals surface area contributed by atoms with E-state index in [1.165, 1.54) is 32.9 Å². The molecule has 4 rings (SSSR count). The van der Waals surface area contributed by atoms with Crippen molar-refractivity contribution in [2.75, 3.05) is 85.4 Å². The lowest BCUT2D eigenvalue weighted by Crippen LogP contribution is -2.37. The molecule has 0 atom stereocenters. The highest BCUT2D eigenvalue weighted by Crippen LogP contribution is 2.20. The molecule has 0 saturated carbocycles. The molecule has 32 heavy (non-hydrogen) atoms. The van der Waals surface area contributed by atoms with Gasteiger partial charge in [0.05, 0.1) is 26.4 Å². The van der Waals surface area contributed by atoms with Crippen LogP contribution in [-0.4, -0.2) is 102 Å². The maximum absolute atomic E-state index is 6.02. The van der Waals surface area contributed by atoms with Gasteiger partial charge in [0.15, 0.2) is 8.64 Å². The van der Waals surface area contributed by atoms with Crippen molar-refractivity contribution < 1.29 is 9.47 Å². The van der Waals surface area contributed by atoms with Gasteiger partial charge in [-0.05, 0) is 0 Å². The zero-order valence-electron chi connectivity index (χ0n) is 17.3. The Morgan fingerprint density at radius 3 is 1.50 bits per heavy atom. The summed E-state index contributed by atoms with van der Waals surface area (Å²) in [6.45, 7) is 5.52. The molecule has 12 nitrogen and oxygen atoms in total. The Bertz CT molecular complexity index is 879. The van der Waals surface area contributed by atoms with Crippen LogP contribution in [0.1, 0.15) is 0 Å². The van der Waals surface area contributed by atoms with Crippen LogP contribution >= 0.6 is 48.0 Å². The minimum atomic E-state index is 0.276. The van der Waals surface area contributed by atoms with Crippen molar-refractivity contribution in [1.29, 1.82) is 0 Å². The molecule has 174 valence electrons. The number of hydrogen-bond donors (Lipinski definition) is 2. The molecule has 2 aliphatic rings. The average molecular weight is 517 g/mol. The van der Waals surface area contributed by atoms with Crippen LogP contribution in [0.3, 0.4) is 0 Å². The second-order valence-electron chi connectivity index (χ2n) is 6.79. The quantitative estimate of drug-likeness (QED) is 0.411. The second kappa shape index (κ2) is 10.9. The van der Waals surface area contributed by atoms with Crippen molar-refractivity contribution in [3.63, 3.8) is 0 Å². The Hall–Kier alpha value is -1.72. The number of thiocarbonyl (C=S) groups is 2. The standard InChI is InChI=1S/C16H24N10O2S4/c17-11-19-13(23-1-5-27-6-2-23)21-25(11)15(29)31-9-10-32-16(30)26-12(18)20-14(22-26)24-3-7-28-8-4-24/h1-10H2,(H2,17,19,21)(H2,18,20,22). The molecule has 2 aliphatic heterocycles. The molecule has 2 fully saturated rings. The van der Waals surface area contributed by atoms with Crippen LogP contribution in [0.25, 0.3) is 0 Å². The lowest BCUT2D eigenvalue weighted by molar-refractivity contribution is 0.122. The zero-order chi connectivity index (χ0) is 22.5. The van der Waals surface area contributed by atoms with E-state index in [1.54, 1.807) is 0 Å². The summed E-state index contributed by atoms with van der Waals surface area (Å²) in [7, 11) is 0. The molecule has 2 saturated heterocycles. The van der Waals surface area contributed by atoms with Crippen molar-refractivity contribution in [2.24, 2.45) is 0 Å². The van der Waals surface area contributed by atoms with Gasteiger partial charge in [0, 0.05) is 37.7 Å². The van der Waals surface area contributed by atoms with Gasteiger partial charge in [-0.3, -0.25) is 0 Å². The van der Waals surface area contributed by atoms with E-state index in [1.807, 2.05) is 9.80 Å². The van der Waals surface area contributed by atoms with Gasteiger partial charge in [-0.2, -0.15) is 19.3 Å². The molecule has 0 amide bonds. The highest BCUT2D eigenvalue weighted by Gasteiger charge is 2.20. The largest absolute Gasteiger partial charge is 0.378 e. The van der Waals surface area contributed by atoms with Crippen molar-refractivity contribution >= 4 is 80.4 Å². The Morgan fingerprint density at radius 1 is 0.750 bits per heavy atom. The van der Waals surface area contributed by atoms with E-state index in [-0.39, 0.29) is 11.9 Å². The second-order valence-corrected chi connectivity index (χ2v) is 10.2. The smallest absolute Gasteiger partial charge is 0.247 e. The molecule has 0 aliphatic carbocycles. The van der Waals surface area contributed by atoms with Crippen molar-refractivity contribution in [1.82, 2.24) is 29.5 Å². The molecule has 4 N–H and O–H groups in total. The van der Waals surface area contributed by atoms with Gasteiger partial charge in [-0.15, -0.1) is 10.2 Å². The summed E-state index contributed by atoms with van der Waals surface area (Å²) in [4.78, 5) is 12.7. The average Bonchev–Trinajstić information content (AvgIpc) is 3.40. The number of aromatic nitrogens is 6. The van der Waals surface area contributed by atoms with Crippen LogP contribution in [0.15, 0.2) is 0 Å². The van der Waals surface area contributed by atoms with Gasteiger partial charge in [0.25, 0.3) is 0 Å². The van der Waals surface area contributed by atoms with Crippen LogP contribution in [0.2, 0.25) is 0 Å². The predicted molar refractivity (Wildman–Crippen MR) is 136 cm³/mol. The first kappa shape index (κ1) is 23.4. The Kier molecular flexibility index (Phi) is 8.01. The van der Waals surface area contributed by atoms with E-state index in [0.717, 1.165) is 26.2 Å². The summed E-state index contributed by atoms with van der Waals surface area (Å²) in [5.41, 5.74) is 12.0. The normalized spacial score (nSPS) is 17.0. The van der Waals surface area contributed by atoms with E-state index in [9.17, 15) is 0 Å². The first-order chi connectivity index (χ1) is 15.5. The number of nitrogens with zero attached hydrogens (tertiary/aromatic N) is 8. The molecule has 0 spiro atoms. The predicted octanol–water partition coefficient (Wildman–Crippen LogP) is 0.140. The summed E-state index contributed by atoms with van der Waals surface area (Å²) in [5, 5.41) is 8.91. The minimum Gasteiger partial charge on any atom is -0.378 e. The number of thioether (sulfide) groups is 2. The number of nitrogen functional groups attached to an aromatic ring is 2. The van der Waals surface area contributed by atoms with E-state index >= 15 is 0 Å². The molecule has 0 bridgehead atoms. The lowest BCUT2D eigenvalue weighted by atomic mass is 10.4. The maximum atomic E-state index is 6.02. The molecular formula is C16H24N10O2S4. The van der Waals surface area contributed by atoms with Crippen LogP contribution < -0.4 is 21.3 Å². The third-order valence-electron chi connectivity index (χ3n) is 4.71. The molecule has 2 aromatic rings. The van der Waals surface area contributed by atoms with Crippen molar-refractivity contribution in [3.8, 4) is 0 Å². The van der Waals surface area contributed by atoms with Crippen molar-refractivity contribution in [2.45, 2.75) is 0 Å². The Morgan fingerprint density at radius 2 is 1.12 bits per heavy atom. The van der Waals surface area contributed by atoms with E-state index in [4.69, 9.17) is 45.4 Å². The highest BCUT2D eigenvalue weighted by atomic mass is 32.2. The number of rotatable bonds is 5. The fourth-order valence-corrected chi connectivity index (χ4v) is 5.37. The molecule has 16 heteroatoms. The van der Waals surface area contributed by atoms with E-state index in [0.29, 0.717) is 58.5 Å². The third kappa shape index (κ3) is 5.60. The number of hydrogen-bond acceptors (Lipinski definition) is 14. The van der Waals surface area contributed by atoms with Crippen LogP contribution in [0, 0.1) is 0 Å². The highest BCUT2D eigenvalue weighted by molar-refractivity contribution is 8.25. The molecule has 0 aromatic carbocycles. The van der Waals surface area contributed by atoms with Crippen LogP contribution in [0.4, 0.5) is 23.8 Å². The molecule has 0 radical (unpaired) electrons. The summed E-state index contributed by atoms with van der Waals surface area (Å²) in [6, 6.07) is 0. The van der Waals surface area contributed by atoms with E-state index in [2.05, 4.69) is 20.2 Å². The first-order valence-electron chi connectivity index (χ1n) is 9.97.